The van der Waals surface area contributed by atoms with E-state index in [0.29, 0.717) is 5.54 Å². The number of nitrogens with zero attached hydrogens (tertiary/aromatic N) is 2. The molecular weight excluding hydrogens is 188 g/mol. The van der Waals surface area contributed by atoms with Gasteiger partial charge in [0.15, 0.2) is 0 Å². The van der Waals surface area contributed by atoms with E-state index in [4.69, 9.17) is 4.74 Å². The Labute approximate surface area is 91.1 Å². The van der Waals surface area contributed by atoms with Gasteiger partial charge in [0.25, 0.3) is 0 Å². The Balaban J connectivity index is 1.76. The van der Waals surface area contributed by atoms with E-state index >= 15 is 0 Å². The highest BCUT2D eigenvalue weighted by Gasteiger charge is 2.44. The van der Waals surface area contributed by atoms with E-state index in [1.165, 1.54) is 12.8 Å². The Kier molecular flexibility index (Phi) is 2.91. The van der Waals surface area contributed by atoms with E-state index < -0.39 is 0 Å². The highest BCUT2D eigenvalue weighted by molar-refractivity contribution is 5.15. The number of ether oxygens (including phenoxy) is 1. The molecule has 1 aromatic rings. The summed E-state index contributed by atoms with van der Waals surface area (Å²) in [5.74, 6) is 0.868. The lowest BCUT2D eigenvalue weighted by Crippen LogP contribution is -2.31. The van der Waals surface area contributed by atoms with Crippen LogP contribution in [0.4, 0.5) is 0 Å². The molecule has 0 spiro atoms. The minimum atomic E-state index is 0.419. The second-order valence-electron chi connectivity index (χ2n) is 4.41. The van der Waals surface area contributed by atoms with Gasteiger partial charge in [0, 0.05) is 11.7 Å². The summed E-state index contributed by atoms with van der Waals surface area (Å²) < 4.78 is 5.64. The monoisotopic (exact) mass is 206 g/mol. The Bertz CT molecular complexity index is 307. The molecule has 0 aromatic carbocycles. The van der Waals surface area contributed by atoms with Gasteiger partial charge in [0.2, 0.25) is 0 Å². The summed E-state index contributed by atoms with van der Waals surface area (Å²) >= 11 is 0. The first-order valence-corrected chi connectivity index (χ1v) is 5.43. The normalized spacial score (nSPS) is 17.8. The summed E-state index contributed by atoms with van der Waals surface area (Å²) in [5, 5.41) is 0. The molecule has 1 aliphatic carbocycles. The summed E-state index contributed by atoms with van der Waals surface area (Å²) in [6.07, 6.45) is 7.23. The third kappa shape index (κ3) is 2.48. The van der Waals surface area contributed by atoms with Crippen molar-refractivity contribution in [3.05, 3.63) is 24.5 Å². The second kappa shape index (κ2) is 4.19. The molecule has 0 atom stereocenters. The van der Waals surface area contributed by atoms with E-state index in [1.54, 1.807) is 12.4 Å². The minimum absolute atomic E-state index is 0.419. The highest BCUT2D eigenvalue weighted by Crippen LogP contribution is 2.42. The van der Waals surface area contributed by atoms with Gasteiger partial charge in [-0.15, -0.1) is 0 Å². The van der Waals surface area contributed by atoms with Crippen molar-refractivity contribution in [3.8, 4) is 5.75 Å². The Hall–Kier alpha value is -1.09. The highest BCUT2D eigenvalue weighted by atomic mass is 16.5. The molecule has 1 heterocycles. The Morgan fingerprint density at radius 2 is 2.27 bits per heavy atom. The predicted octanol–water partition coefficient (Wildman–Crippen LogP) is 1.94. The first kappa shape index (κ1) is 10.4. The van der Waals surface area contributed by atoms with Crippen molar-refractivity contribution in [3.63, 3.8) is 0 Å². The van der Waals surface area contributed by atoms with Gasteiger partial charge in [0.1, 0.15) is 5.75 Å². The fourth-order valence-electron chi connectivity index (χ4n) is 1.86. The lowest BCUT2D eigenvalue weighted by atomic mass is 10.2. The van der Waals surface area contributed by atoms with Gasteiger partial charge in [-0.1, -0.05) is 0 Å². The molecule has 0 N–H and O–H groups in total. The molecule has 0 bridgehead atoms. The van der Waals surface area contributed by atoms with Crippen LogP contribution in [-0.2, 0) is 0 Å². The molecule has 1 fully saturated rings. The molecule has 3 heteroatoms. The number of pyridine rings is 1. The van der Waals surface area contributed by atoms with Crippen LogP contribution >= 0.6 is 0 Å². The maximum absolute atomic E-state index is 5.64. The molecule has 82 valence electrons. The van der Waals surface area contributed by atoms with Crippen molar-refractivity contribution >= 4 is 0 Å². The van der Waals surface area contributed by atoms with Crippen molar-refractivity contribution in [2.45, 2.75) is 24.8 Å². The third-order valence-corrected chi connectivity index (χ3v) is 3.25. The van der Waals surface area contributed by atoms with Crippen molar-refractivity contribution in [2.75, 3.05) is 20.7 Å². The number of hydrogen-bond donors (Lipinski definition) is 0. The third-order valence-electron chi connectivity index (χ3n) is 3.25. The zero-order valence-corrected chi connectivity index (χ0v) is 9.44. The number of hydrogen-bond acceptors (Lipinski definition) is 3. The molecule has 0 aliphatic heterocycles. The van der Waals surface area contributed by atoms with Crippen molar-refractivity contribution < 1.29 is 4.74 Å². The van der Waals surface area contributed by atoms with E-state index in [-0.39, 0.29) is 0 Å². The topological polar surface area (TPSA) is 25.4 Å². The fraction of sp³-hybridized carbons (Fsp3) is 0.583. The molecule has 0 radical (unpaired) electrons. The van der Waals surface area contributed by atoms with Crippen molar-refractivity contribution in [2.24, 2.45) is 0 Å². The lowest BCUT2D eigenvalue weighted by molar-refractivity contribution is 0.205. The number of rotatable bonds is 5. The SMILES string of the molecule is CN(C)C1(CCOc2cccnc2)CC1. The molecule has 0 unspecified atom stereocenters. The summed E-state index contributed by atoms with van der Waals surface area (Å²) in [6, 6.07) is 3.84. The molecule has 1 aliphatic rings. The Morgan fingerprint density at radius 3 is 2.80 bits per heavy atom. The summed E-state index contributed by atoms with van der Waals surface area (Å²) in [4.78, 5) is 6.33. The molecule has 0 saturated heterocycles. The predicted molar refractivity (Wildman–Crippen MR) is 60.0 cm³/mol. The van der Waals surface area contributed by atoms with E-state index in [1.807, 2.05) is 12.1 Å². The van der Waals surface area contributed by atoms with Crippen LogP contribution in [0, 0.1) is 0 Å². The van der Waals surface area contributed by atoms with Crippen molar-refractivity contribution in [1.29, 1.82) is 0 Å². The smallest absolute Gasteiger partial charge is 0.137 e. The van der Waals surface area contributed by atoms with E-state index in [2.05, 4.69) is 24.0 Å². The van der Waals surface area contributed by atoms with Crippen molar-refractivity contribution in [1.82, 2.24) is 9.88 Å². The zero-order chi connectivity index (χ0) is 10.7. The van der Waals surface area contributed by atoms with Gasteiger partial charge < -0.3 is 9.64 Å². The van der Waals surface area contributed by atoms with Gasteiger partial charge >= 0.3 is 0 Å². The molecule has 0 amide bonds. The van der Waals surface area contributed by atoms with Crippen LogP contribution in [0.3, 0.4) is 0 Å². The average Bonchev–Trinajstić information content (AvgIpc) is 3.01. The van der Waals surface area contributed by atoms with Crippen LogP contribution < -0.4 is 4.74 Å². The quantitative estimate of drug-likeness (QED) is 0.736. The van der Waals surface area contributed by atoms with E-state index in [9.17, 15) is 0 Å². The van der Waals surface area contributed by atoms with Gasteiger partial charge in [0.05, 0.1) is 12.8 Å². The van der Waals surface area contributed by atoms with Gasteiger partial charge in [-0.2, -0.15) is 0 Å². The molecule has 15 heavy (non-hydrogen) atoms. The molecule has 3 nitrogen and oxygen atoms in total. The van der Waals surface area contributed by atoms with Crippen LogP contribution in [0.2, 0.25) is 0 Å². The minimum Gasteiger partial charge on any atom is -0.492 e. The van der Waals surface area contributed by atoms with Gasteiger partial charge in [-0.25, -0.2) is 0 Å². The zero-order valence-electron chi connectivity index (χ0n) is 9.44. The number of aromatic nitrogens is 1. The molecule has 1 saturated carbocycles. The maximum atomic E-state index is 5.64. The molecule has 2 rings (SSSR count). The summed E-state index contributed by atoms with van der Waals surface area (Å²) in [5.41, 5.74) is 0.419. The summed E-state index contributed by atoms with van der Waals surface area (Å²) in [6.45, 7) is 0.782. The largest absolute Gasteiger partial charge is 0.492 e. The van der Waals surface area contributed by atoms with Crippen LogP contribution in [0.1, 0.15) is 19.3 Å². The van der Waals surface area contributed by atoms with Crippen LogP contribution in [-0.4, -0.2) is 36.1 Å². The Morgan fingerprint density at radius 1 is 1.47 bits per heavy atom. The lowest BCUT2D eigenvalue weighted by Gasteiger charge is -2.23. The second-order valence-corrected chi connectivity index (χ2v) is 4.41. The standard InChI is InChI=1S/C12H18N2O/c1-14(2)12(5-6-12)7-9-15-11-4-3-8-13-10-11/h3-4,8,10H,5-7,9H2,1-2H3. The van der Waals surface area contributed by atoms with Gasteiger partial charge in [-0.05, 0) is 45.5 Å². The average molecular weight is 206 g/mol. The van der Waals surface area contributed by atoms with E-state index in [0.717, 1.165) is 18.8 Å². The summed E-state index contributed by atoms with van der Waals surface area (Å²) in [7, 11) is 4.30. The van der Waals surface area contributed by atoms with Crippen LogP contribution in [0.25, 0.3) is 0 Å². The molecule has 1 aromatic heterocycles. The van der Waals surface area contributed by atoms with Crippen LogP contribution in [0.5, 0.6) is 5.75 Å². The molecular formula is C12H18N2O. The fourth-order valence-corrected chi connectivity index (χ4v) is 1.86. The first-order valence-electron chi connectivity index (χ1n) is 5.43. The van der Waals surface area contributed by atoms with Crippen LogP contribution in [0.15, 0.2) is 24.5 Å². The maximum Gasteiger partial charge on any atom is 0.137 e. The first-order chi connectivity index (χ1) is 7.23. The van der Waals surface area contributed by atoms with Gasteiger partial charge in [-0.3, -0.25) is 4.98 Å².